The molecule has 1 heterocycles. The molecule has 130 valence electrons. The van der Waals surface area contributed by atoms with Gasteiger partial charge in [0, 0.05) is 6.42 Å². The number of sulfonamides is 1. The third-order valence-electron chi connectivity index (χ3n) is 5.11. The Labute approximate surface area is 147 Å². The fourth-order valence-corrected chi connectivity index (χ4v) is 5.52. The van der Waals surface area contributed by atoms with Crippen LogP contribution in [0.1, 0.15) is 29.2 Å². The van der Waals surface area contributed by atoms with Gasteiger partial charge in [-0.2, -0.15) is 0 Å². The van der Waals surface area contributed by atoms with Crippen LogP contribution in [0.2, 0.25) is 0 Å². The molecular weight excluding hydrogens is 338 g/mol. The van der Waals surface area contributed by atoms with Crippen molar-refractivity contribution in [2.75, 3.05) is 7.11 Å². The lowest BCUT2D eigenvalue weighted by atomic mass is 10.0. The van der Waals surface area contributed by atoms with Crippen molar-refractivity contribution in [3.05, 3.63) is 59.2 Å². The number of fused-ring (bicyclic) bond motifs is 3. The highest BCUT2D eigenvalue weighted by Gasteiger charge is 2.51. The minimum absolute atomic E-state index is 0.00479. The monoisotopic (exact) mass is 357 g/mol. The summed E-state index contributed by atoms with van der Waals surface area (Å²) in [6.45, 7) is 1.90. The number of hydrogen-bond donors (Lipinski definition) is 0. The van der Waals surface area contributed by atoms with Crippen molar-refractivity contribution in [1.82, 2.24) is 4.31 Å². The molecule has 0 radical (unpaired) electrons. The lowest BCUT2D eigenvalue weighted by Crippen LogP contribution is -2.34. The van der Waals surface area contributed by atoms with Gasteiger partial charge in [0.2, 0.25) is 5.91 Å². The highest BCUT2D eigenvalue weighted by Crippen LogP contribution is 2.49. The third-order valence-corrected chi connectivity index (χ3v) is 6.93. The normalized spacial score (nSPS) is 22.0. The Balaban J connectivity index is 1.81. The molecule has 2 atom stereocenters. The Hall–Kier alpha value is -2.34. The van der Waals surface area contributed by atoms with Gasteiger partial charge >= 0.3 is 0 Å². The second-order valence-corrected chi connectivity index (χ2v) is 8.50. The number of amides is 1. The standard InChI is InChI=1S/C19H19NO4S/c1-12-3-7-16(8-4-12)25(22,23)20-18(21)10-14-9-13-5-6-15(24-2)11-17(13)19(14)20/h3-8,11,14,19H,9-10H2,1-2H3/t14-,19+/m1/s1. The number of rotatable bonds is 3. The van der Waals surface area contributed by atoms with Gasteiger partial charge in [-0.15, -0.1) is 0 Å². The first-order chi connectivity index (χ1) is 11.9. The summed E-state index contributed by atoms with van der Waals surface area (Å²) >= 11 is 0. The molecule has 4 rings (SSSR count). The van der Waals surface area contributed by atoms with E-state index in [9.17, 15) is 13.2 Å². The first-order valence-electron chi connectivity index (χ1n) is 8.22. The first kappa shape index (κ1) is 16.1. The molecule has 1 fully saturated rings. The zero-order valence-electron chi connectivity index (χ0n) is 14.1. The molecule has 2 aromatic carbocycles. The second-order valence-electron chi connectivity index (χ2n) is 6.69. The lowest BCUT2D eigenvalue weighted by Gasteiger charge is -2.25. The number of hydrogen-bond acceptors (Lipinski definition) is 4. The summed E-state index contributed by atoms with van der Waals surface area (Å²) in [6, 6.07) is 11.9. The number of ether oxygens (including phenoxy) is 1. The first-order valence-corrected chi connectivity index (χ1v) is 9.66. The fraction of sp³-hybridized carbons (Fsp3) is 0.316. The predicted octanol–water partition coefficient (Wildman–Crippen LogP) is 2.84. The van der Waals surface area contributed by atoms with E-state index in [4.69, 9.17) is 4.74 Å². The SMILES string of the molecule is COc1ccc2c(c1)[C@@H]1[C@@H](CC(=O)N1S(=O)(=O)c1ccc(C)cc1)C2. The largest absolute Gasteiger partial charge is 0.497 e. The van der Waals surface area contributed by atoms with E-state index in [1.54, 1.807) is 31.4 Å². The van der Waals surface area contributed by atoms with Gasteiger partial charge in [-0.1, -0.05) is 23.8 Å². The van der Waals surface area contributed by atoms with E-state index >= 15 is 0 Å². The molecule has 0 bridgehead atoms. The molecule has 1 aliphatic heterocycles. The van der Waals surface area contributed by atoms with Crippen LogP contribution in [-0.2, 0) is 21.2 Å². The zero-order valence-corrected chi connectivity index (χ0v) is 14.9. The molecule has 1 saturated heterocycles. The van der Waals surface area contributed by atoms with Gasteiger partial charge in [-0.3, -0.25) is 4.79 Å². The fourth-order valence-electron chi connectivity index (χ4n) is 3.89. The lowest BCUT2D eigenvalue weighted by molar-refractivity contribution is -0.124. The van der Waals surface area contributed by atoms with Gasteiger partial charge in [0.15, 0.2) is 0 Å². The summed E-state index contributed by atoms with van der Waals surface area (Å²) < 4.78 is 32.6. The van der Waals surface area contributed by atoms with E-state index in [1.165, 1.54) is 0 Å². The molecule has 6 heteroatoms. The molecule has 0 saturated carbocycles. The topological polar surface area (TPSA) is 63.7 Å². The third kappa shape index (κ3) is 2.43. The van der Waals surface area contributed by atoms with Gasteiger partial charge in [0.05, 0.1) is 18.0 Å². The van der Waals surface area contributed by atoms with Crippen LogP contribution in [0.4, 0.5) is 0 Å². The molecule has 0 unspecified atom stereocenters. The highest BCUT2D eigenvalue weighted by molar-refractivity contribution is 7.89. The van der Waals surface area contributed by atoms with Crippen LogP contribution in [0.3, 0.4) is 0 Å². The van der Waals surface area contributed by atoms with E-state index in [1.807, 2.05) is 25.1 Å². The maximum atomic E-state index is 13.1. The smallest absolute Gasteiger partial charge is 0.267 e. The number of carbonyl (C=O) groups is 1. The van der Waals surface area contributed by atoms with Crippen LogP contribution in [0.5, 0.6) is 5.75 Å². The zero-order chi connectivity index (χ0) is 17.8. The van der Waals surface area contributed by atoms with Crippen LogP contribution in [0.15, 0.2) is 47.4 Å². The second kappa shape index (κ2) is 5.59. The van der Waals surface area contributed by atoms with Crippen molar-refractivity contribution in [2.24, 2.45) is 5.92 Å². The van der Waals surface area contributed by atoms with Crippen LogP contribution >= 0.6 is 0 Å². The quantitative estimate of drug-likeness (QED) is 0.847. The average Bonchev–Trinajstić information content (AvgIpc) is 3.08. The predicted molar refractivity (Wildman–Crippen MR) is 92.8 cm³/mol. The van der Waals surface area contributed by atoms with Crippen LogP contribution in [-0.4, -0.2) is 25.7 Å². The highest BCUT2D eigenvalue weighted by atomic mass is 32.2. The molecule has 0 N–H and O–H groups in total. The molecule has 25 heavy (non-hydrogen) atoms. The summed E-state index contributed by atoms with van der Waals surface area (Å²) in [7, 11) is -2.30. The van der Waals surface area contributed by atoms with Crippen molar-refractivity contribution < 1.29 is 17.9 Å². The maximum absolute atomic E-state index is 13.1. The van der Waals surface area contributed by atoms with Crippen LogP contribution < -0.4 is 4.74 Å². The molecular formula is C19H19NO4S. The summed E-state index contributed by atoms with van der Waals surface area (Å²) in [5.41, 5.74) is 2.94. The van der Waals surface area contributed by atoms with Crippen molar-refractivity contribution in [2.45, 2.75) is 30.7 Å². The summed E-state index contributed by atoms with van der Waals surface area (Å²) in [4.78, 5) is 12.7. The van der Waals surface area contributed by atoms with Gasteiger partial charge in [0.1, 0.15) is 5.75 Å². The minimum Gasteiger partial charge on any atom is -0.497 e. The van der Waals surface area contributed by atoms with Crippen molar-refractivity contribution >= 4 is 15.9 Å². The van der Waals surface area contributed by atoms with Crippen molar-refractivity contribution in [3.63, 3.8) is 0 Å². The Morgan fingerprint density at radius 1 is 1.08 bits per heavy atom. The molecule has 0 spiro atoms. The van der Waals surface area contributed by atoms with Gasteiger partial charge in [-0.05, 0) is 54.7 Å². The Morgan fingerprint density at radius 2 is 1.80 bits per heavy atom. The van der Waals surface area contributed by atoms with Crippen LogP contribution in [0.25, 0.3) is 0 Å². The molecule has 1 aliphatic carbocycles. The molecule has 2 aliphatic rings. The molecule has 1 amide bonds. The van der Waals surface area contributed by atoms with Gasteiger partial charge < -0.3 is 4.74 Å². The number of carbonyl (C=O) groups excluding carboxylic acids is 1. The molecule has 0 aromatic heterocycles. The van der Waals surface area contributed by atoms with Crippen molar-refractivity contribution in [1.29, 1.82) is 0 Å². The number of methoxy groups -OCH3 is 1. The Kier molecular flexibility index (Phi) is 3.61. The molecule has 2 aromatic rings. The summed E-state index contributed by atoms with van der Waals surface area (Å²) in [6.07, 6.45) is 0.975. The van der Waals surface area contributed by atoms with E-state index in [0.29, 0.717) is 5.75 Å². The van der Waals surface area contributed by atoms with Gasteiger partial charge in [-0.25, -0.2) is 12.7 Å². The van der Waals surface area contributed by atoms with Gasteiger partial charge in [0.25, 0.3) is 10.0 Å². The summed E-state index contributed by atoms with van der Waals surface area (Å²) in [5.74, 6) is 0.338. The number of benzene rings is 2. The summed E-state index contributed by atoms with van der Waals surface area (Å²) in [5, 5.41) is 0. The van der Waals surface area contributed by atoms with Crippen molar-refractivity contribution in [3.8, 4) is 5.75 Å². The number of nitrogens with zero attached hydrogens (tertiary/aromatic N) is 1. The van der Waals surface area contributed by atoms with E-state index < -0.39 is 16.1 Å². The average molecular weight is 357 g/mol. The van der Waals surface area contributed by atoms with Crippen LogP contribution in [0, 0.1) is 12.8 Å². The minimum atomic E-state index is -3.88. The molecule has 5 nitrogen and oxygen atoms in total. The maximum Gasteiger partial charge on any atom is 0.267 e. The Morgan fingerprint density at radius 3 is 2.48 bits per heavy atom. The van der Waals surface area contributed by atoms with E-state index in [-0.39, 0.29) is 23.1 Å². The number of aryl methyl sites for hydroxylation is 1. The Bertz CT molecular complexity index is 950. The van der Waals surface area contributed by atoms with E-state index in [0.717, 1.165) is 27.4 Å². The van der Waals surface area contributed by atoms with E-state index in [2.05, 4.69) is 0 Å².